The number of halogens is 1. The van der Waals surface area contributed by atoms with Gasteiger partial charge in [0.05, 0.1) is 5.02 Å². The highest BCUT2D eigenvalue weighted by Gasteiger charge is 2.23. The average molecular weight is 432 g/mol. The van der Waals surface area contributed by atoms with Crippen LogP contribution in [0, 0.1) is 6.92 Å². The van der Waals surface area contributed by atoms with Gasteiger partial charge in [-0.05, 0) is 74.7 Å². The van der Waals surface area contributed by atoms with Crippen LogP contribution in [0.3, 0.4) is 0 Å². The van der Waals surface area contributed by atoms with Gasteiger partial charge in [-0.2, -0.15) is 0 Å². The minimum atomic E-state index is -1.44. The van der Waals surface area contributed by atoms with Crippen LogP contribution in [0.15, 0.2) is 47.4 Å². The van der Waals surface area contributed by atoms with Crippen LogP contribution in [0.4, 0.5) is 5.69 Å². The molecule has 0 atom stereocenters. The fraction of sp³-hybridized carbons (Fsp3) is 0.238. The Kier molecular flexibility index (Phi) is 5.93. The second-order valence-electron chi connectivity index (χ2n) is 7.29. The molecule has 2 amide bonds. The van der Waals surface area contributed by atoms with E-state index in [1.54, 1.807) is 30.3 Å². The van der Waals surface area contributed by atoms with Gasteiger partial charge in [0.2, 0.25) is 0 Å². The second-order valence-corrected chi connectivity index (χ2v) is 8.55. The number of aryl methyl sites for hydroxylation is 2. The molecule has 0 unspecified atom stereocenters. The van der Waals surface area contributed by atoms with E-state index in [1.165, 1.54) is 13.8 Å². The monoisotopic (exact) mass is 431 g/mol. The normalized spacial score (nSPS) is 11.5. The first-order valence-electron chi connectivity index (χ1n) is 8.93. The zero-order chi connectivity index (χ0) is 21.3. The minimum absolute atomic E-state index is 0.242. The van der Waals surface area contributed by atoms with Crippen molar-refractivity contribution in [1.82, 2.24) is 9.29 Å². The van der Waals surface area contributed by atoms with Gasteiger partial charge in [0.15, 0.2) is 0 Å². The second kappa shape index (κ2) is 8.10. The molecule has 2 aromatic carbocycles. The zero-order valence-electron chi connectivity index (χ0n) is 16.5. The number of carbonyl (C=O) groups excluding carboxylic acids is 2. The van der Waals surface area contributed by atoms with Gasteiger partial charge in [0, 0.05) is 28.5 Å². The first kappa shape index (κ1) is 21.2. The summed E-state index contributed by atoms with van der Waals surface area (Å²) in [5.74, 6) is -0.724. The van der Waals surface area contributed by atoms with Crippen molar-refractivity contribution in [2.75, 3.05) is 5.32 Å². The molecule has 6 nitrogen and oxygen atoms in total. The van der Waals surface area contributed by atoms with Gasteiger partial charge in [-0.15, -0.1) is 0 Å². The molecule has 1 aromatic heterocycles. The molecule has 3 N–H and O–H groups in total. The summed E-state index contributed by atoms with van der Waals surface area (Å²) in [7, 11) is 1.83. The van der Waals surface area contributed by atoms with Gasteiger partial charge in [-0.3, -0.25) is 14.3 Å². The lowest BCUT2D eigenvalue weighted by atomic mass is 10.1. The van der Waals surface area contributed by atoms with Crippen LogP contribution in [-0.4, -0.2) is 27.1 Å². The van der Waals surface area contributed by atoms with E-state index in [-0.39, 0.29) is 5.91 Å². The summed E-state index contributed by atoms with van der Waals surface area (Å²) in [5.41, 5.74) is 1.53. The Hall–Kier alpha value is -2.48. The molecule has 0 bridgehead atoms. The number of carbonyl (C=O) groups is 2. The molecule has 0 radical (unpaired) electrons. The van der Waals surface area contributed by atoms with Crippen LogP contribution in [0.2, 0.25) is 5.02 Å². The highest BCUT2D eigenvalue weighted by molar-refractivity contribution is 7.98. The number of nitrogens with one attached hydrogen (secondary N) is 2. The maximum absolute atomic E-state index is 12.7. The van der Waals surface area contributed by atoms with E-state index in [0.717, 1.165) is 33.3 Å². The Bertz CT molecular complexity index is 1090. The third kappa shape index (κ3) is 4.58. The molecule has 3 rings (SSSR count). The van der Waals surface area contributed by atoms with Gasteiger partial charge >= 0.3 is 0 Å². The van der Waals surface area contributed by atoms with Crippen molar-refractivity contribution < 1.29 is 14.7 Å². The van der Waals surface area contributed by atoms with E-state index in [2.05, 4.69) is 10.0 Å². The lowest BCUT2D eigenvalue weighted by molar-refractivity contribution is -0.134. The molecular weight excluding hydrogens is 410 g/mol. The first-order valence-corrected chi connectivity index (χ1v) is 10.1. The Morgan fingerprint density at radius 2 is 1.79 bits per heavy atom. The number of anilines is 1. The molecule has 152 valence electrons. The van der Waals surface area contributed by atoms with Crippen molar-refractivity contribution >= 4 is 52.0 Å². The molecule has 0 saturated heterocycles. The fourth-order valence-electron chi connectivity index (χ4n) is 2.73. The number of hydrogen-bond acceptors (Lipinski definition) is 4. The lowest BCUT2D eigenvalue weighted by Gasteiger charge is -2.15. The molecule has 29 heavy (non-hydrogen) atoms. The molecule has 1 heterocycles. The minimum Gasteiger partial charge on any atom is -0.381 e. The van der Waals surface area contributed by atoms with Gasteiger partial charge in [-0.25, -0.2) is 0 Å². The topological polar surface area (TPSA) is 83.4 Å². The van der Waals surface area contributed by atoms with Gasteiger partial charge in [-0.1, -0.05) is 17.7 Å². The van der Waals surface area contributed by atoms with Crippen molar-refractivity contribution in [2.24, 2.45) is 7.05 Å². The predicted octanol–water partition coefficient (Wildman–Crippen LogP) is 4.29. The van der Waals surface area contributed by atoms with Crippen LogP contribution in [0.25, 0.3) is 10.9 Å². The zero-order valence-corrected chi connectivity index (χ0v) is 18.1. The van der Waals surface area contributed by atoms with Crippen LogP contribution >= 0.6 is 23.5 Å². The van der Waals surface area contributed by atoms with E-state index in [4.69, 9.17) is 11.6 Å². The SMILES string of the molecule is Cc1ccc2c(cc(C(=O)Nc3ccc(SNC(=O)C(C)(C)O)cc3)n2C)c1Cl. The van der Waals surface area contributed by atoms with Crippen LogP contribution in [-0.2, 0) is 11.8 Å². The largest absolute Gasteiger partial charge is 0.381 e. The molecule has 3 aromatic rings. The Balaban J connectivity index is 1.71. The summed E-state index contributed by atoms with van der Waals surface area (Å²) < 4.78 is 4.39. The van der Waals surface area contributed by atoms with E-state index < -0.39 is 11.5 Å². The summed E-state index contributed by atoms with van der Waals surface area (Å²) >= 11 is 7.48. The lowest BCUT2D eigenvalue weighted by Crippen LogP contribution is -2.38. The molecule has 8 heteroatoms. The molecular formula is C21H22ClN3O3S. The van der Waals surface area contributed by atoms with E-state index in [9.17, 15) is 14.7 Å². The number of aliphatic hydroxyl groups is 1. The van der Waals surface area contributed by atoms with Crippen molar-refractivity contribution in [3.8, 4) is 0 Å². The number of benzene rings is 2. The maximum Gasteiger partial charge on any atom is 0.272 e. The van der Waals surface area contributed by atoms with Crippen LogP contribution < -0.4 is 10.0 Å². The van der Waals surface area contributed by atoms with Crippen LogP contribution in [0.1, 0.15) is 29.9 Å². The summed E-state index contributed by atoms with van der Waals surface area (Å²) in [6, 6.07) is 12.7. The van der Waals surface area contributed by atoms with Crippen molar-refractivity contribution in [2.45, 2.75) is 31.3 Å². The Labute approximate surface area is 178 Å². The third-order valence-corrected chi connectivity index (χ3v) is 5.81. The van der Waals surface area contributed by atoms with Gasteiger partial charge in [0.25, 0.3) is 11.8 Å². The van der Waals surface area contributed by atoms with Gasteiger partial charge in [0.1, 0.15) is 11.3 Å². The number of hydrogen-bond donors (Lipinski definition) is 3. The number of aromatic nitrogens is 1. The standard InChI is InChI=1S/C21H22ClN3O3S/c1-12-5-10-16-15(18(12)22)11-17(25(16)4)19(26)23-13-6-8-14(9-7-13)29-24-20(27)21(2,3)28/h5-11,28H,1-4H3,(H,23,26)(H,24,27). The van der Waals surface area contributed by atoms with Crippen molar-refractivity contribution in [3.05, 3.63) is 58.7 Å². The van der Waals surface area contributed by atoms with E-state index >= 15 is 0 Å². The summed E-state index contributed by atoms with van der Waals surface area (Å²) in [6.07, 6.45) is 0. The van der Waals surface area contributed by atoms with Crippen LogP contribution in [0.5, 0.6) is 0 Å². The molecule has 0 aliphatic carbocycles. The van der Waals surface area contributed by atoms with Crippen molar-refractivity contribution in [1.29, 1.82) is 0 Å². The summed E-state index contributed by atoms with van der Waals surface area (Å²) in [6.45, 7) is 4.77. The van der Waals surface area contributed by atoms with Crippen molar-refractivity contribution in [3.63, 3.8) is 0 Å². The predicted molar refractivity (Wildman–Crippen MR) is 117 cm³/mol. The maximum atomic E-state index is 12.7. The average Bonchev–Trinajstić information content (AvgIpc) is 3.00. The number of amides is 2. The molecule has 0 aliphatic heterocycles. The quantitative estimate of drug-likeness (QED) is 0.526. The highest BCUT2D eigenvalue weighted by Crippen LogP contribution is 2.29. The molecule has 0 spiro atoms. The first-order chi connectivity index (χ1) is 13.6. The molecule has 0 fully saturated rings. The van der Waals surface area contributed by atoms with E-state index in [0.29, 0.717) is 16.4 Å². The molecule has 0 aliphatic rings. The van der Waals surface area contributed by atoms with E-state index in [1.807, 2.05) is 30.7 Å². The number of rotatable bonds is 5. The number of nitrogens with zero attached hydrogens (tertiary/aromatic N) is 1. The number of fused-ring (bicyclic) bond motifs is 1. The summed E-state index contributed by atoms with van der Waals surface area (Å²) in [5, 5.41) is 14.0. The smallest absolute Gasteiger partial charge is 0.272 e. The Morgan fingerprint density at radius 1 is 1.14 bits per heavy atom. The Morgan fingerprint density at radius 3 is 2.41 bits per heavy atom. The fourth-order valence-corrected chi connectivity index (χ4v) is 3.68. The summed E-state index contributed by atoms with van der Waals surface area (Å²) in [4.78, 5) is 25.2. The third-order valence-electron chi connectivity index (χ3n) is 4.52. The van der Waals surface area contributed by atoms with Gasteiger partial charge < -0.3 is 15.0 Å². The molecule has 0 saturated carbocycles. The highest BCUT2D eigenvalue weighted by atomic mass is 35.5.